The van der Waals surface area contributed by atoms with Crippen molar-refractivity contribution in [1.29, 1.82) is 0 Å². The second-order valence-corrected chi connectivity index (χ2v) is 5.54. The Labute approximate surface area is 117 Å². The molecule has 1 fully saturated rings. The molecule has 0 spiro atoms. The SMILES string of the molecule is Cc1cnc2c(c1)nc(CCCl)n2CC1CCOC1. The number of fused-ring (bicyclic) bond motifs is 1. The Morgan fingerprint density at radius 3 is 3.16 bits per heavy atom. The molecule has 0 N–H and O–H groups in total. The molecule has 3 rings (SSSR count). The molecular weight excluding hydrogens is 262 g/mol. The van der Waals surface area contributed by atoms with Crippen molar-refractivity contribution in [3.63, 3.8) is 0 Å². The van der Waals surface area contributed by atoms with E-state index in [1.165, 1.54) is 0 Å². The summed E-state index contributed by atoms with van der Waals surface area (Å²) in [5.41, 5.74) is 3.08. The van der Waals surface area contributed by atoms with E-state index in [1.54, 1.807) is 0 Å². The lowest BCUT2D eigenvalue weighted by atomic mass is 10.1. The molecular formula is C14H18ClN3O. The van der Waals surface area contributed by atoms with Crippen LogP contribution in [0, 0.1) is 12.8 Å². The standard InChI is InChI=1S/C14H18ClN3O/c1-10-6-12-14(16-7-10)18(13(17-12)2-4-15)8-11-3-5-19-9-11/h6-7,11H,2-5,8-9H2,1H3. The van der Waals surface area contributed by atoms with Crippen molar-refractivity contribution in [3.05, 3.63) is 23.7 Å². The number of pyridine rings is 1. The summed E-state index contributed by atoms with van der Waals surface area (Å²) < 4.78 is 7.68. The van der Waals surface area contributed by atoms with Gasteiger partial charge in [0, 0.05) is 37.6 Å². The third-order valence-electron chi connectivity index (χ3n) is 3.58. The highest BCUT2D eigenvalue weighted by atomic mass is 35.5. The van der Waals surface area contributed by atoms with E-state index in [0.29, 0.717) is 11.8 Å². The number of halogens is 1. The molecule has 0 bridgehead atoms. The summed E-state index contributed by atoms with van der Waals surface area (Å²) in [7, 11) is 0. The van der Waals surface area contributed by atoms with Crippen LogP contribution in [0.4, 0.5) is 0 Å². The molecule has 1 unspecified atom stereocenters. The van der Waals surface area contributed by atoms with E-state index in [1.807, 2.05) is 13.1 Å². The molecule has 3 heterocycles. The zero-order chi connectivity index (χ0) is 13.2. The van der Waals surface area contributed by atoms with Crippen molar-refractivity contribution in [2.24, 2.45) is 5.92 Å². The van der Waals surface area contributed by atoms with Crippen molar-refractivity contribution in [2.75, 3.05) is 19.1 Å². The largest absolute Gasteiger partial charge is 0.381 e. The highest BCUT2D eigenvalue weighted by Gasteiger charge is 2.20. The summed E-state index contributed by atoms with van der Waals surface area (Å²) in [5.74, 6) is 2.19. The fraction of sp³-hybridized carbons (Fsp3) is 0.571. The van der Waals surface area contributed by atoms with Crippen molar-refractivity contribution in [2.45, 2.75) is 26.3 Å². The van der Waals surface area contributed by atoms with E-state index in [2.05, 4.69) is 20.6 Å². The molecule has 0 aliphatic carbocycles. The van der Waals surface area contributed by atoms with Gasteiger partial charge in [-0.05, 0) is 25.0 Å². The van der Waals surface area contributed by atoms with E-state index in [-0.39, 0.29) is 0 Å². The van der Waals surface area contributed by atoms with Crippen LogP contribution >= 0.6 is 11.6 Å². The van der Waals surface area contributed by atoms with Gasteiger partial charge in [-0.15, -0.1) is 11.6 Å². The van der Waals surface area contributed by atoms with Gasteiger partial charge in [-0.3, -0.25) is 0 Å². The monoisotopic (exact) mass is 279 g/mol. The molecule has 0 aromatic carbocycles. The van der Waals surface area contributed by atoms with Gasteiger partial charge < -0.3 is 9.30 Å². The number of rotatable bonds is 4. The zero-order valence-electron chi connectivity index (χ0n) is 11.1. The van der Waals surface area contributed by atoms with Crippen molar-refractivity contribution in [1.82, 2.24) is 14.5 Å². The number of alkyl halides is 1. The van der Waals surface area contributed by atoms with Crippen LogP contribution in [0.1, 0.15) is 17.8 Å². The zero-order valence-corrected chi connectivity index (χ0v) is 11.9. The van der Waals surface area contributed by atoms with Gasteiger partial charge in [-0.25, -0.2) is 9.97 Å². The van der Waals surface area contributed by atoms with E-state index in [9.17, 15) is 0 Å². The van der Waals surface area contributed by atoms with E-state index in [0.717, 1.165) is 55.2 Å². The molecule has 0 radical (unpaired) electrons. The number of hydrogen-bond acceptors (Lipinski definition) is 3. The minimum Gasteiger partial charge on any atom is -0.381 e. The smallest absolute Gasteiger partial charge is 0.160 e. The molecule has 2 aromatic rings. The van der Waals surface area contributed by atoms with Gasteiger partial charge >= 0.3 is 0 Å². The van der Waals surface area contributed by atoms with Gasteiger partial charge in [0.15, 0.2) is 5.65 Å². The van der Waals surface area contributed by atoms with Crippen LogP contribution in [-0.2, 0) is 17.7 Å². The second-order valence-electron chi connectivity index (χ2n) is 5.16. The van der Waals surface area contributed by atoms with E-state index in [4.69, 9.17) is 16.3 Å². The average Bonchev–Trinajstić information content (AvgIpc) is 2.99. The van der Waals surface area contributed by atoms with Gasteiger partial charge in [0.05, 0.1) is 6.61 Å². The Bertz CT molecular complexity index is 575. The average molecular weight is 280 g/mol. The molecule has 102 valence electrons. The molecule has 0 saturated carbocycles. The summed E-state index contributed by atoms with van der Waals surface area (Å²) >= 11 is 5.89. The number of aromatic nitrogens is 3. The minimum atomic E-state index is 0.564. The lowest BCUT2D eigenvalue weighted by Gasteiger charge is -2.12. The maximum Gasteiger partial charge on any atom is 0.160 e. The third kappa shape index (κ3) is 2.60. The first-order chi connectivity index (χ1) is 9.28. The van der Waals surface area contributed by atoms with Crippen LogP contribution in [0.15, 0.2) is 12.3 Å². The van der Waals surface area contributed by atoms with Crippen LogP contribution in [0.5, 0.6) is 0 Å². The molecule has 5 heteroatoms. The van der Waals surface area contributed by atoms with Crippen molar-refractivity contribution < 1.29 is 4.74 Å². The fourth-order valence-electron chi connectivity index (χ4n) is 2.61. The van der Waals surface area contributed by atoms with Gasteiger partial charge in [-0.2, -0.15) is 0 Å². The summed E-state index contributed by atoms with van der Waals surface area (Å²) in [6.45, 7) is 4.68. The third-order valence-corrected chi connectivity index (χ3v) is 3.77. The highest BCUT2D eigenvalue weighted by molar-refractivity contribution is 6.17. The maximum atomic E-state index is 5.89. The predicted octanol–water partition coefficient (Wildman–Crippen LogP) is 2.56. The molecule has 2 aromatic heterocycles. The molecule has 1 atom stereocenters. The van der Waals surface area contributed by atoms with Crippen LogP contribution in [-0.4, -0.2) is 33.6 Å². The predicted molar refractivity (Wildman–Crippen MR) is 75.6 cm³/mol. The molecule has 0 amide bonds. The number of ether oxygens (including phenoxy) is 1. The quantitative estimate of drug-likeness (QED) is 0.808. The Morgan fingerprint density at radius 2 is 2.42 bits per heavy atom. The molecule has 1 aliphatic heterocycles. The lowest BCUT2D eigenvalue weighted by Crippen LogP contribution is -2.14. The van der Waals surface area contributed by atoms with Gasteiger partial charge in [0.25, 0.3) is 0 Å². The normalized spacial score (nSPS) is 19.4. The van der Waals surface area contributed by atoms with Crippen LogP contribution < -0.4 is 0 Å². The van der Waals surface area contributed by atoms with Gasteiger partial charge in [-0.1, -0.05) is 0 Å². The Hall–Kier alpha value is -1.13. The number of aryl methyl sites for hydroxylation is 2. The Kier molecular flexibility index (Phi) is 3.71. The molecule has 1 aliphatic rings. The van der Waals surface area contributed by atoms with Crippen LogP contribution in [0.25, 0.3) is 11.2 Å². The summed E-state index contributed by atoms with van der Waals surface area (Å²) in [5, 5.41) is 0. The minimum absolute atomic E-state index is 0.564. The van der Waals surface area contributed by atoms with Crippen molar-refractivity contribution in [3.8, 4) is 0 Å². The second kappa shape index (κ2) is 5.47. The molecule has 4 nitrogen and oxygen atoms in total. The lowest BCUT2D eigenvalue weighted by molar-refractivity contribution is 0.182. The number of hydrogen-bond donors (Lipinski definition) is 0. The Balaban J connectivity index is 2.00. The highest BCUT2D eigenvalue weighted by Crippen LogP contribution is 2.21. The first-order valence-corrected chi connectivity index (χ1v) is 7.27. The summed E-state index contributed by atoms with van der Waals surface area (Å²) in [6, 6.07) is 2.09. The fourth-order valence-corrected chi connectivity index (χ4v) is 2.78. The molecule has 19 heavy (non-hydrogen) atoms. The maximum absolute atomic E-state index is 5.89. The Morgan fingerprint density at radius 1 is 1.53 bits per heavy atom. The van der Waals surface area contributed by atoms with Crippen molar-refractivity contribution >= 4 is 22.8 Å². The van der Waals surface area contributed by atoms with Gasteiger partial charge in [0.2, 0.25) is 0 Å². The number of imidazole rings is 1. The van der Waals surface area contributed by atoms with Crippen LogP contribution in [0.3, 0.4) is 0 Å². The van der Waals surface area contributed by atoms with Gasteiger partial charge in [0.1, 0.15) is 11.3 Å². The van der Waals surface area contributed by atoms with E-state index >= 15 is 0 Å². The summed E-state index contributed by atoms with van der Waals surface area (Å²) in [4.78, 5) is 9.22. The van der Waals surface area contributed by atoms with E-state index < -0.39 is 0 Å². The van der Waals surface area contributed by atoms with Crippen LogP contribution in [0.2, 0.25) is 0 Å². The topological polar surface area (TPSA) is 39.9 Å². The first-order valence-electron chi connectivity index (χ1n) is 6.73. The first kappa shape index (κ1) is 12.9. The summed E-state index contributed by atoms with van der Waals surface area (Å²) in [6.07, 6.45) is 3.80. The number of nitrogens with zero attached hydrogens (tertiary/aromatic N) is 3. The molecule has 1 saturated heterocycles.